The van der Waals surface area contributed by atoms with Gasteiger partial charge in [-0.25, -0.2) is 9.67 Å². The first-order valence-corrected chi connectivity index (χ1v) is 7.63. The maximum atomic E-state index is 9.93. The first-order valence-electron chi connectivity index (χ1n) is 7.63. The van der Waals surface area contributed by atoms with Crippen LogP contribution in [0.15, 0.2) is 30.6 Å². The molecule has 3 aromatic rings. The number of aromatic nitrogens is 4. The predicted molar refractivity (Wildman–Crippen MR) is 85.7 cm³/mol. The number of nitrogens with zero attached hydrogens (tertiary/aromatic N) is 4. The van der Waals surface area contributed by atoms with Crippen LogP contribution in [0, 0.1) is 0 Å². The molecule has 1 saturated heterocycles. The summed E-state index contributed by atoms with van der Waals surface area (Å²) in [6.07, 6.45) is 6.43. The van der Waals surface area contributed by atoms with E-state index in [1.54, 1.807) is 12.4 Å². The van der Waals surface area contributed by atoms with Crippen molar-refractivity contribution in [3.63, 3.8) is 0 Å². The molecule has 1 atom stereocenters. The van der Waals surface area contributed by atoms with Crippen molar-refractivity contribution in [2.24, 2.45) is 0 Å². The molecule has 4 rings (SSSR count). The van der Waals surface area contributed by atoms with Crippen LogP contribution in [0.2, 0.25) is 0 Å². The molecule has 0 saturated carbocycles. The summed E-state index contributed by atoms with van der Waals surface area (Å²) >= 11 is 0. The molecule has 1 unspecified atom stereocenters. The quantitative estimate of drug-likeness (QED) is 0.754. The Hall–Kier alpha value is -2.67. The predicted octanol–water partition coefficient (Wildman–Crippen LogP) is 2.48. The van der Waals surface area contributed by atoms with Gasteiger partial charge in [0.2, 0.25) is 0 Å². The lowest BCUT2D eigenvalue weighted by atomic mass is 10.1. The molecule has 0 radical (unpaired) electrons. The van der Waals surface area contributed by atoms with Crippen molar-refractivity contribution in [1.82, 2.24) is 19.7 Å². The van der Waals surface area contributed by atoms with Crippen LogP contribution in [-0.2, 0) is 4.74 Å². The van der Waals surface area contributed by atoms with Crippen LogP contribution in [0.3, 0.4) is 0 Å². The zero-order valence-corrected chi connectivity index (χ0v) is 12.5. The van der Waals surface area contributed by atoms with Crippen molar-refractivity contribution < 1.29 is 9.84 Å². The summed E-state index contributed by atoms with van der Waals surface area (Å²) < 4.78 is 7.67. The molecule has 4 heterocycles. The molecular formula is C16H17N5O2. The second kappa shape index (κ2) is 5.51. The van der Waals surface area contributed by atoms with E-state index in [-0.39, 0.29) is 17.8 Å². The number of rotatable bonds is 2. The lowest BCUT2D eigenvalue weighted by Gasteiger charge is -2.24. The largest absolute Gasteiger partial charge is 0.507 e. The van der Waals surface area contributed by atoms with Gasteiger partial charge in [0.1, 0.15) is 11.6 Å². The number of hydrogen-bond acceptors (Lipinski definition) is 6. The lowest BCUT2D eigenvalue weighted by Crippen LogP contribution is -2.20. The highest BCUT2D eigenvalue weighted by Gasteiger charge is 2.20. The molecule has 0 bridgehead atoms. The molecule has 7 nitrogen and oxygen atoms in total. The minimum absolute atomic E-state index is 0.0616. The monoisotopic (exact) mass is 311 g/mol. The summed E-state index contributed by atoms with van der Waals surface area (Å²) in [4.78, 5) is 8.70. The summed E-state index contributed by atoms with van der Waals surface area (Å²) in [7, 11) is 0. The Balaban J connectivity index is 1.79. The lowest BCUT2D eigenvalue weighted by molar-refractivity contribution is -0.0384. The maximum Gasteiger partial charge on any atom is 0.150 e. The normalized spacial score (nSPS) is 18.3. The van der Waals surface area contributed by atoms with Crippen LogP contribution < -0.4 is 5.73 Å². The standard InChI is InChI=1S/C16H17N5O2/c17-15-8-14(22)10-9-18-12(7-11(10)20-15)13-4-5-19-21(13)16-3-1-2-6-23-16/h4-5,7-9,16H,1-3,6H2,(H3,17,20,22). The van der Waals surface area contributed by atoms with Crippen LogP contribution in [-0.4, -0.2) is 31.5 Å². The Kier molecular flexibility index (Phi) is 3.34. The number of nitrogen functional groups attached to an aromatic ring is 1. The Labute approximate surface area is 132 Å². The van der Waals surface area contributed by atoms with Crippen LogP contribution >= 0.6 is 0 Å². The van der Waals surface area contributed by atoms with Gasteiger partial charge < -0.3 is 15.6 Å². The van der Waals surface area contributed by atoms with Crippen LogP contribution in [0.25, 0.3) is 22.3 Å². The number of ether oxygens (including phenoxy) is 1. The average Bonchev–Trinajstić information content (AvgIpc) is 3.04. The van der Waals surface area contributed by atoms with E-state index < -0.39 is 0 Å². The average molecular weight is 311 g/mol. The number of aromatic hydroxyl groups is 1. The van der Waals surface area contributed by atoms with E-state index in [1.165, 1.54) is 6.07 Å². The fraction of sp³-hybridized carbons (Fsp3) is 0.312. The van der Waals surface area contributed by atoms with Gasteiger partial charge >= 0.3 is 0 Å². The van der Waals surface area contributed by atoms with Crippen molar-refractivity contribution in [3.8, 4) is 17.1 Å². The number of nitrogens with two attached hydrogens (primary N) is 1. The fourth-order valence-electron chi connectivity index (χ4n) is 2.93. The molecule has 118 valence electrons. The van der Waals surface area contributed by atoms with Gasteiger partial charge in [-0.3, -0.25) is 4.98 Å². The van der Waals surface area contributed by atoms with E-state index in [4.69, 9.17) is 10.5 Å². The molecule has 7 heteroatoms. The molecule has 3 N–H and O–H groups in total. The van der Waals surface area contributed by atoms with Crippen LogP contribution in [0.5, 0.6) is 5.75 Å². The summed E-state index contributed by atoms with van der Waals surface area (Å²) in [5.74, 6) is 0.354. The smallest absolute Gasteiger partial charge is 0.150 e. The second-order valence-corrected chi connectivity index (χ2v) is 5.64. The highest BCUT2D eigenvalue weighted by Crippen LogP contribution is 2.30. The van der Waals surface area contributed by atoms with Gasteiger partial charge in [0.25, 0.3) is 0 Å². The van der Waals surface area contributed by atoms with E-state index in [0.29, 0.717) is 10.9 Å². The van der Waals surface area contributed by atoms with E-state index in [1.807, 2.05) is 16.8 Å². The minimum atomic E-state index is -0.0616. The Morgan fingerprint density at radius 2 is 2.22 bits per heavy atom. The van der Waals surface area contributed by atoms with Gasteiger partial charge in [-0.15, -0.1) is 0 Å². The molecule has 0 amide bonds. The Morgan fingerprint density at radius 1 is 1.30 bits per heavy atom. The van der Waals surface area contributed by atoms with E-state index in [0.717, 1.165) is 37.3 Å². The summed E-state index contributed by atoms with van der Waals surface area (Å²) in [6.45, 7) is 0.751. The second-order valence-electron chi connectivity index (χ2n) is 5.64. The van der Waals surface area contributed by atoms with Gasteiger partial charge in [-0.05, 0) is 31.4 Å². The molecule has 1 aliphatic rings. The molecule has 23 heavy (non-hydrogen) atoms. The van der Waals surface area contributed by atoms with Gasteiger partial charge in [0.05, 0.1) is 22.3 Å². The van der Waals surface area contributed by atoms with Gasteiger partial charge in [-0.1, -0.05) is 0 Å². The summed E-state index contributed by atoms with van der Waals surface area (Å²) in [5, 5.41) is 14.9. The zero-order valence-electron chi connectivity index (χ0n) is 12.5. The number of pyridine rings is 2. The fourth-order valence-corrected chi connectivity index (χ4v) is 2.93. The molecule has 0 aliphatic carbocycles. The molecule has 0 spiro atoms. The van der Waals surface area contributed by atoms with Crippen LogP contribution in [0.1, 0.15) is 25.5 Å². The topological polar surface area (TPSA) is 99.1 Å². The third-order valence-corrected chi connectivity index (χ3v) is 4.05. The molecule has 1 fully saturated rings. The third kappa shape index (κ3) is 2.49. The highest BCUT2D eigenvalue weighted by atomic mass is 16.5. The van der Waals surface area contributed by atoms with Crippen LogP contribution in [0.4, 0.5) is 5.82 Å². The molecular weight excluding hydrogens is 294 g/mol. The van der Waals surface area contributed by atoms with Gasteiger partial charge in [-0.2, -0.15) is 5.10 Å². The summed E-state index contributed by atoms with van der Waals surface area (Å²) in [5.41, 5.74) is 7.90. The van der Waals surface area contributed by atoms with Gasteiger partial charge in [0, 0.05) is 25.1 Å². The number of anilines is 1. The maximum absolute atomic E-state index is 9.93. The van der Waals surface area contributed by atoms with E-state index in [9.17, 15) is 5.11 Å². The molecule has 1 aliphatic heterocycles. The minimum Gasteiger partial charge on any atom is -0.507 e. The van der Waals surface area contributed by atoms with E-state index in [2.05, 4.69) is 15.1 Å². The van der Waals surface area contributed by atoms with Gasteiger partial charge in [0.15, 0.2) is 6.23 Å². The van der Waals surface area contributed by atoms with Crippen molar-refractivity contribution in [1.29, 1.82) is 0 Å². The highest BCUT2D eigenvalue weighted by molar-refractivity contribution is 5.87. The first-order chi connectivity index (χ1) is 11.2. The molecule has 3 aromatic heterocycles. The SMILES string of the molecule is Nc1cc(O)c2cnc(-c3ccnn3C3CCCCO3)cc2n1. The Bertz CT molecular complexity index is 855. The van der Waals surface area contributed by atoms with E-state index >= 15 is 0 Å². The molecule has 0 aromatic carbocycles. The van der Waals surface area contributed by atoms with Crippen molar-refractivity contribution in [2.45, 2.75) is 25.5 Å². The van der Waals surface area contributed by atoms with Crippen molar-refractivity contribution >= 4 is 16.7 Å². The van der Waals surface area contributed by atoms with Crippen molar-refractivity contribution in [3.05, 3.63) is 30.6 Å². The Morgan fingerprint density at radius 3 is 3.04 bits per heavy atom. The van der Waals surface area contributed by atoms with Crippen molar-refractivity contribution in [2.75, 3.05) is 12.3 Å². The first kappa shape index (κ1) is 14.0. The summed E-state index contributed by atoms with van der Waals surface area (Å²) in [6, 6.07) is 5.13. The number of fused-ring (bicyclic) bond motifs is 1. The number of hydrogen-bond donors (Lipinski definition) is 2. The third-order valence-electron chi connectivity index (χ3n) is 4.05. The zero-order chi connectivity index (χ0) is 15.8.